The van der Waals surface area contributed by atoms with E-state index in [1.165, 1.54) is 31.0 Å². The highest BCUT2D eigenvalue weighted by atomic mass is 32.2. The average Bonchev–Trinajstić information content (AvgIpc) is 3.56. The Kier molecular flexibility index (Phi) is 8.81. The molecule has 4 bridgehead atoms. The van der Waals surface area contributed by atoms with Gasteiger partial charge in [0.05, 0.1) is 24.5 Å². The molecule has 0 spiro atoms. The SMILES string of the molecule is C[C@H]1[C@@H](CSc2nnnn2-c2ccc(O)cc2)O[C@@H](c2cccc(NC(=O)NC34CC5CC(CC(C5)C3)C4)c2)O[C@H]1c1ccc(CO)cc1. The molecule has 3 aromatic carbocycles. The molecule has 0 unspecified atom stereocenters. The maximum absolute atomic E-state index is 13.4. The molecule has 12 heteroatoms. The van der Waals surface area contributed by atoms with E-state index in [-0.39, 0.29) is 42.1 Å². The molecule has 49 heavy (non-hydrogen) atoms. The van der Waals surface area contributed by atoms with E-state index in [4.69, 9.17) is 9.47 Å². The molecular weight excluding hydrogens is 641 g/mol. The van der Waals surface area contributed by atoms with Crippen LogP contribution < -0.4 is 10.6 Å². The Morgan fingerprint density at radius 1 is 0.959 bits per heavy atom. The van der Waals surface area contributed by atoms with E-state index in [1.807, 2.05) is 48.5 Å². The van der Waals surface area contributed by atoms with Gasteiger partial charge in [0.25, 0.3) is 0 Å². The minimum Gasteiger partial charge on any atom is -0.508 e. The van der Waals surface area contributed by atoms with Crippen LogP contribution in [0.4, 0.5) is 10.5 Å². The third-order valence-electron chi connectivity index (χ3n) is 10.9. The summed E-state index contributed by atoms with van der Waals surface area (Å²) in [5.41, 5.74) is 3.98. The number of phenolic OH excluding ortho intramolecular Hbond substituents is 1. The summed E-state index contributed by atoms with van der Waals surface area (Å²) in [6, 6.07) is 22.1. The first-order chi connectivity index (χ1) is 23.8. The number of carbonyl (C=O) groups is 1. The van der Waals surface area contributed by atoms with Crippen LogP contribution in [0.25, 0.3) is 5.69 Å². The number of benzene rings is 3. The van der Waals surface area contributed by atoms with Gasteiger partial charge in [0, 0.05) is 28.5 Å². The van der Waals surface area contributed by atoms with Crippen molar-refractivity contribution in [3.05, 3.63) is 89.5 Å². The molecule has 11 nitrogen and oxygen atoms in total. The Morgan fingerprint density at radius 2 is 1.67 bits per heavy atom. The van der Waals surface area contributed by atoms with Crippen LogP contribution in [-0.2, 0) is 16.1 Å². The predicted octanol–water partition coefficient (Wildman–Crippen LogP) is 6.53. The second-order valence-corrected chi connectivity index (χ2v) is 15.4. The summed E-state index contributed by atoms with van der Waals surface area (Å²) in [5, 5.41) is 38.8. The van der Waals surface area contributed by atoms with Crippen molar-refractivity contribution in [1.29, 1.82) is 0 Å². The molecule has 4 aromatic rings. The van der Waals surface area contributed by atoms with Crippen LogP contribution in [-0.4, -0.2) is 53.8 Å². The van der Waals surface area contributed by atoms with Crippen molar-refractivity contribution in [3.63, 3.8) is 0 Å². The van der Waals surface area contributed by atoms with Gasteiger partial charge in [-0.05, 0) is 114 Å². The number of anilines is 1. The van der Waals surface area contributed by atoms with Gasteiger partial charge in [0.1, 0.15) is 5.75 Å². The van der Waals surface area contributed by atoms with Crippen molar-refractivity contribution in [2.75, 3.05) is 11.1 Å². The number of hydrogen-bond donors (Lipinski definition) is 4. The highest BCUT2D eigenvalue weighted by Gasteiger charge is 2.51. The molecular formula is C37H42N6O5S. The highest BCUT2D eigenvalue weighted by molar-refractivity contribution is 7.99. The first-order valence-corrected chi connectivity index (χ1v) is 18.2. The number of ether oxygens (including phenoxy) is 2. The topological polar surface area (TPSA) is 144 Å². The second-order valence-electron chi connectivity index (χ2n) is 14.4. The number of urea groups is 1. The lowest BCUT2D eigenvalue weighted by atomic mass is 9.53. The fraction of sp³-hybridized carbons (Fsp3) is 0.459. The van der Waals surface area contributed by atoms with Gasteiger partial charge < -0.3 is 30.3 Å². The first-order valence-electron chi connectivity index (χ1n) is 17.2. The van der Waals surface area contributed by atoms with Crippen LogP contribution in [0.15, 0.2) is 78.0 Å². The molecule has 5 fully saturated rings. The Hall–Kier alpha value is -3.97. The zero-order valence-electron chi connectivity index (χ0n) is 27.4. The lowest BCUT2D eigenvalue weighted by molar-refractivity contribution is -0.268. The summed E-state index contributed by atoms with van der Waals surface area (Å²) in [5.74, 6) is 2.93. The molecule has 1 saturated heterocycles. The summed E-state index contributed by atoms with van der Waals surface area (Å²) in [4.78, 5) is 13.4. The molecule has 1 aromatic heterocycles. The minimum absolute atomic E-state index is 0.0294. The first kappa shape index (κ1) is 32.2. The van der Waals surface area contributed by atoms with E-state index in [2.05, 4.69) is 33.1 Å². The number of phenols is 1. The van der Waals surface area contributed by atoms with Crippen molar-refractivity contribution in [2.24, 2.45) is 23.7 Å². The van der Waals surface area contributed by atoms with E-state index in [0.717, 1.165) is 59.4 Å². The van der Waals surface area contributed by atoms with Crippen LogP contribution in [0.2, 0.25) is 0 Å². The zero-order valence-corrected chi connectivity index (χ0v) is 28.3. The van der Waals surface area contributed by atoms with Gasteiger partial charge in [-0.2, -0.15) is 4.68 Å². The quantitative estimate of drug-likeness (QED) is 0.145. The third-order valence-corrected chi connectivity index (χ3v) is 11.9. The number of tetrazole rings is 1. The molecule has 4 aliphatic carbocycles. The van der Waals surface area contributed by atoms with E-state index >= 15 is 0 Å². The maximum Gasteiger partial charge on any atom is 0.319 e. The van der Waals surface area contributed by atoms with E-state index < -0.39 is 6.29 Å². The lowest BCUT2D eigenvalue weighted by Crippen LogP contribution is -2.60. The van der Waals surface area contributed by atoms with Crippen molar-refractivity contribution < 1.29 is 24.5 Å². The zero-order chi connectivity index (χ0) is 33.5. The number of rotatable bonds is 9. The average molecular weight is 683 g/mol. The number of aliphatic hydroxyl groups is 1. The van der Waals surface area contributed by atoms with E-state index in [1.54, 1.807) is 28.9 Å². The summed E-state index contributed by atoms with van der Waals surface area (Å²) in [6.07, 6.45) is 6.03. The van der Waals surface area contributed by atoms with Gasteiger partial charge in [-0.15, -0.1) is 5.10 Å². The number of amides is 2. The minimum atomic E-state index is -0.689. The van der Waals surface area contributed by atoms with Gasteiger partial charge in [0.15, 0.2) is 6.29 Å². The molecule has 2 amide bonds. The molecule has 4 saturated carbocycles. The Bertz CT molecular complexity index is 1750. The maximum atomic E-state index is 13.4. The Labute approximate surface area is 289 Å². The summed E-state index contributed by atoms with van der Waals surface area (Å²) >= 11 is 1.49. The van der Waals surface area contributed by atoms with Crippen LogP contribution in [0.5, 0.6) is 5.75 Å². The smallest absolute Gasteiger partial charge is 0.319 e. The highest BCUT2D eigenvalue weighted by Crippen LogP contribution is 2.55. The number of hydrogen-bond acceptors (Lipinski definition) is 9. The summed E-state index contributed by atoms with van der Waals surface area (Å²) in [7, 11) is 0. The van der Waals surface area contributed by atoms with Crippen LogP contribution >= 0.6 is 11.8 Å². The molecule has 256 valence electrons. The fourth-order valence-corrected chi connectivity index (χ4v) is 9.98. The van der Waals surface area contributed by atoms with Crippen LogP contribution in [0.3, 0.4) is 0 Å². The normalized spacial score (nSPS) is 30.3. The molecule has 4 N–H and O–H groups in total. The molecule has 5 aliphatic rings. The van der Waals surface area contributed by atoms with Crippen molar-refractivity contribution in [3.8, 4) is 11.4 Å². The molecule has 0 radical (unpaired) electrons. The number of nitrogens with zero attached hydrogens (tertiary/aromatic N) is 4. The molecule has 4 atom stereocenters. The van der Waals surface area contributed by atoms with Gasteiger partial charge in [-0.1, -0.05) is 55.1 Å². The summed E-state index contributed by atoms with van der Waals surface area (Å²) in [6.45, 7) is 2.08. The van der Waals surface area contributed by atoms with E-state index in [0.29, 0.717) is 16.6 Å². The fourth-order valence-electron chi connectivity index (χ4n) is 8.92. The predicted molar refractivity (Wildman–Crippen MR) is 184 cm³/mol. The van der Waals surface area contributed by atoms with Crippen molar-refractivity contribution in [1.82, 2.24) is 25.5 Å². The number of carbonyl (C=O) groups excluding carboxylic acids is 1. The number of nitrogens with one attached hydrogen (secondary N) is 2. The number of aromatic nitrogens is 4. The lowest BCUT2D eigenvalue weighted by Gasteiger charge is -2.56. The van der Waals surface area contributed by atoms with Gasteiger partial charge in [-0.3, -0.25) is 0 Å². The van der Waals surface area contributed by atoms with Crippen LogP contribution in [0, 0.1) is 23.7 Å². The van der Waals surface area contributed by atoms with Crippen molar-refractivity contribution in [2.45, 2.75) is 81.2 Å². The Balaban J connectivity index is 1.000. The Morgan fingerprint density at radius 3 is 2.37 bits per heavy atom. The molecule has 1 aliphatic heterocycles. The molecule has 2 heterocycles. The summed E-state index contributed by atoms with van der Waals surface area (Å²) < 4.78 is 15.0. The standard InChI is InChI=1S/C37H42N6O5S/c1-22-32(21-49-36-40-41-42-43(36)30-9-11-31(45)12-10-30)47-34(48-33(22)27-7-5-23(20-44)6-8-27)28-3-2-4-29(16-28)38-35(46)39-37-17-24-13-25(18-37)15-26(14-24)19-37/h2-12,16,22,24-26,32-34,44-45H,13-15,17-21H2,1H3,(H2,38,39,46)/t22-,24?,25?,26?,32+,33+,34+,37?/m0/s1. The number of aliphatic hydroxyl groups excluding tert-OH is 1. The second kappa shape index (κ2) is 13.4. The van der Waals surface area contributed by atoms with Gasteiger partial charge in [-0.25, -0.2) is 4.79 Å². The monoisotopic (exact) mass is 682 g/mol. The number of aromatic hydroxyl groups is 1. The largest absolute Gasteiger partial charge is 0.508 e. The van der Waals surface area contributed by atoms with E-state index in [9.17, 15) is 15.0 Å². The molecule has 9 rings (SSSR count). The van der Waals surface area contributed by atoms with Gasteiger partial charge in [0.2, 0.25) is 5.16 Å². The van der Waals surface area contributed by atoms with Gasteiger partial charge >= 0.3 is 6.03 Å². The number of thioether (sulfide) groups is 1. The van der Waals surface area contributed by atoms with Crippen LogP contribution in [0.1, 0.15) is 74.5 Å². The third kappa shape index (κ3) is 6.79. The van der Waals surface area contributed by atoms with Crippen molar-refractivity contribution >= 4 is 23.5 Å².